The van der Waals surface area contributed by atoms with Crippen molar-refractivity contribution in [2.75, 3.05) is 25.5 Å². The molecule has 0 bridgehead atoms. The molecule has 0 amide bonds. The van der Waals surface area contributed by atoms with E-state index < -0.39 is 10.0 Å². The lowest BCUT2D eigenvalue weighted by Gasteiger charge is -2.12. The third-order valence-corrected chi connectivity index (χ3v) is 5.54. The van der Waals surface area contributed by atoms with Gasteiger partial charge >= 0.3 is 5.97 Å². The van der Waals surface area contributed by atoms with Crippen LogP contribution in [0.5, 0.6) is 0 Å². The van der Waals surface area contributed by atoms with Crippen molar-refractivity contribution in [1.82, 2.24) is 9.71 Å². The molecule has 1 aromatic carbocycles. The lowest BCUT2D eigenvalue weighted by Crippen LogP contribution is -2.22. The van der Waals surface area contributed by atoms with Gasteiger partial charge in [-0.25, -0.2) is 13.4 Å². The van der Waals surface area contributed by atoms with Gasteiger partial charge in [-0.3, -0.25) is 14.5 Å². The van der Waals surface area contributed by atoms with Crippen molar-refractivity contribution in [3.8, 4) is 0 Å². The summed E-state index contributed by atoms with van der Waals surface area (Å²) in [5, 5.41) is 0. The summed E-state index contributed by atoms with van der Waals surface area (Å²) in [6.07, 6.45) is 2.34. The molecule has 148 valence electrons. The maximum absolute atomic E-state index is 12.0. The molecule has 0 saturated carbocycles. The molecule has 2 aromatic rings. The Bertz CT molecular complexity index is 1000. The fourth-order valence-corrected chi connectivity index (χ4v) is 3.95. The highest BCUT2D eigenvalue weighted by atomic mass is 32.2. The predicted molar refractivity (Wildman–Crippen MR) is 106 cm³/mol. The maximum Gasteiger partial charge on any atom is 0.306 e. The van der Waals surface area contributed by atoms with Crippen LogP contribution >= 0.6 is 0 Å². The van der Waals surface area contributed by atoms with Crippen LogP contribution in [-0.2, 0) is 26.2 Å². The molecule has 2 heterocycles. The Morgan fingerprint density at radius 2 is 2.04 bits per heavy atom. The molecule has 0 saturated heterocycles. The molecule has 8 nitrogen and oxygen atoms in total. The number of pyridine rings is 1. The van der Waals surface area contributed by atoms with Crippen LogP contribution in [0.2, 0.25) is 0 Å². The number of amidine groups is 1. The van der Waals surface area contributed by atoms with Gasteiger partial charge in [-0.15, -0.1) is 0 Å². The molecular weight excluding hydrogens is 380 g/mol. The molecule has 1 aliphatic heterocycles. The fourth-order valence-electron chi connectivity index (χ4n) is 2.70. The lowest BCUT2D eigenvalue weighted by atomic mass is 10.2. The average Bonchev–Trinajstić information content (AvgIpc) is 2.94. The summed E-state index contributed by atoms with van der Waals surface area (Å²) < 4.78 is 31.8. The predicted octanol–water partition coefficient (Wildman–Crippen LogP) is 1.71. The van der Waals surface area contributed by atoms with Gasteiger partial charge in [0.2, 0.25) is 0 Å². The number of carbonyl (C=O) groups is 1. The van der Waals surface area contributed by atoms with Crippen molar-refractivity contribution in [1.29, 1.82) is 0 Å². The van der Waals surface area contributed by atoms with Gasteiger partial charge in [0.05, 0.1) is 4.90 Å². The standard InChI is InChI=1S/C19H22N4O4S/c1-23(2)17-12-14(9-11-20-17)13-27-18(24)8-5-10-21-19-15-6-3-4-7-16(15)28(25,26)22-19/h3-4,6-7,9,11-12H,5,8,10,13H2,1-2H3,(H,21,22). The summed E-state index contributed by atoms with van der Waals surface area (Å²) in [5.41, 5.74) is 1.42. The second-order valence-corrected chi connectivity index (χ2v) is 8.16. The van der Waals surface area contributed by atoms with E-state index >= 15 is 0 Å². The number of fused-ring (bicyclic) bond motifs is 1. The highest BCUT2D eigenvalue weighted by Crippen LogP contribution is 2.22. The quantitative estimate of drug-likeness (QED) is 0.559. The molecule has 9 heteroatoms. The third-order valence-electron chi connectivity index (χ3n) is 4.14. The summed E-state index contributed by atoms with van der Waals surface area (Å²) in [4.78, 5) is 22.5. The molecule has 28 heavy (non-hydrogen) atoms. The number of carbonyl (C=O) groups excluding carboxylic acids is 1. The summed E-state index contributed by atoms with van der Waals surface area (Å²) in [5.74, 6) is 0.788. The van der Waals surface area contributed by atoms with Crippen molar-refractivity contribution in [2.24, 2.45) is 4.99 Å². The van der Waals surface area contributed by atoms with E-state index in [2.05, 4.69) is 14.7 Å². The number of esters is 1. The maximum atomic E-state index is 12.0. The number of aromatic nitrogens is 1. The minimum atomic E-state index is -3.54. The van der Waals surface area contributed by atoms with Crippen LogP contribution < -0.4 is 9.62 Å². The normalized spacial score (nSPS) is 15.7. The van der Waals surface area contributed by atoms with E-state index in [1.807, 2.05) is 25.1 Å². The van der Waals surface area contributed by atoms with E-state index in [9.17, 15) is 13.2 Å². The van der Waals surface area contributed by atoms with Crippen LogP contribution in [0.15, 0.2) is 52.5 Å². The van der Waals surface area contributed by atoms with E-state index in [1.54, 1.807) is 36.5 Å². The van der Waals surface area contributed by atoms with Gasteiger partial charge in [0.15, 0.2) is 0 Å². The van der Waals surface area contributed by atoms with E-state index in [0.29, 0.717) is 24.4 Å². The van der Waals surface area contributed by atoms with Crippen LogP contribution in [0.25, 0.3) is 0 Å². The first kappa shape index (κ1) is 19.8. The number of sulfonamides is 1. The Morgan fingerprint density at radius 1 is 1.25 bits per heavy atom. The average molecular weight is 402 g/mol. The number of rotatable bonds is 7. The topological polar surface area (TPSA) is 101 Å². The molecule has 0 fully saturated rings. The highest BCUT2D eigenvalue weighted by molar-refractivity contribution is 7.90. The number of nitrogens with one attached hydrogen (secondary N) is 1. The second kappa shape index (κ2) is 8.39. The minimum absolute atomic E-state index is 0.184. The smallest absolute Gasteiger partial charge is 0.306 e. The first-order chi connectivity index (χ1) is 13.4. The molecule has 0 spiro atoms. The molecule has 1 aromatic heterocycles. The number of nitrogens with zero attached hydrogens (tertiary/aromatic N) is 3. The number of aliphatic imine (C=N–C) groups is 1. The van der Waals surface area contributed by atoms with Crippen molar-refractivity contribution in [3.05, 3.63) is 53.7 Å². The monoisotopic (exact) mass is 402 g/mol. The van der Waals surface area contributed by atoms with Gasteiger partial charge in [0, 0.05) is 38.8 Å². The highest BCUT2D eigenvalue weighted by Gasteiger charge is 2.29. The second-order valence-electron chi connectivity index (χ2n) is 6.51. The Balaban J connectivity index is 1.48. The Hall–Kier alpha value is -2.94. The van der Waals surface area contributed by atoms with Crippen LogP contribution in [-0.4, -0.2) is 45.8 Å². The van der Waals surface area contributed by atoms with Crippen LogP contribution in [0.1, 0.15) is 24.0 Å². The molecule has 1 aliphatic rings. The van der Waals surface area contributed by atoms with Crippen LogP contribution in [0, 0.1) is 0 Å². The van der Waals surface area contributed by atoms with Crippen molar-refractivity contribution in [2.45, 2.75) is 24.3 Å². The summed E-state index contributed by atoms with van der Waals surface area (Å²) in [7, 11) is 0.244. The van der Waals surface area contributed by atoms with E-state index in [1.165, 1.54) is 0 Å². The van der Waals surface area contributed by atoms with E-state index in [-0.39, 0.29) is 23.9 Å². The Kier molecular flexibility index (Phi) is 5.93. The zero-order chi connectivity index (χ0) is 20.1. The van der Waals surface area contributed by atoms with Crippen molar-refractivity contribution in [3.63, 3.8) is 0 Å². The number of anilines is 1. The zero-order valence-electron chi connectivity index (χ0n) is 15.8. The lowest BCUT2D eigenvalue weighted by molar-refractivity contribution is -0.145. The van der Waals surface area contributed by atoms with Gasteiger partial charge in [-0.1, -0.05) is 12.1 Å². The van der Waals surface area contributed by atoms with Gasteiger partial charge in [0.25, 0.3) is 10.0 Å². The SMILES string of the molecule is CN(C)c1cc(COC(=O)CCCN=C2NS(=O)(=O)c3ccccc32)ccn1. The largest absolute Gasteiger partial charge is 0.461 e. The fraction of sp³-hybridized carbons (Fsp3) is 0.316. The molecular formula is C19H22N4O4S. The van der Waals surface area contributed by atoms with Crippen LogP contribution in [0.3, 0.4) is 0 Å². The number of hydrogen-bond donors (Lipinski definition) is 1. The molecule has 1 N–H and O–H groups in total. The number of ether oxygens (including phenoxy) is 1. The van der Waals surface area contributed by atoms with E-state index in [4.69, 9.17) is 4.74 Å². The summed E-state index contributed by atoms with van der Waals surface area (Å²) in [6.45, 7) is 0.505. The van der Waals surface area contributed by atoms with Crippen molar-refractivity contribution >= 4 is 27.6 Å². The first-order valence-corrected chi connectivity index (χ1v) is 10.3. The number of hydrogen-bond acceptors (Lipinski definition) is 7. The zero-order valence-corrected chi connectivity index (χ0v) is 16.6. The summed E-state index contributed by atoms with van der Waals surface area (Å²) >= 11 is 0. The summed E-state index contributed by atoms with van der Waals surface area (Å²) in [6, 6.07) is 10.3. The Labute approximate surface area is 164 Å². The van der Waals surface area contributed by atoms with Gasteiger partial charge < -0.3 is 9.64 Å². The molecule has 0 unspecified atom stereocenters. The molecule has 0 aliphatic carbocycles. The molecule has 0 atom stereocenters. The van der Waals surface area contributed by atoms with Gasteiger partial charge in [0.1, 0.15) is 18.3 Å². The van der Waals surface area contributed by atoms with Crippen LogP contribution in [0.4, 0.5) is 5.82 Å². The van der Waals surface area contributed by atoms with Gasteiger partial charge in [-0.2, -0.15) is 0 Å². The Morgan fingerprint density at radius 3 is 2.82 bits per heavy atom. The number of benzene rings is 1. The van der Waals surface area contributed by atoms with E-state index in [0.717, 1.165) is 11.4 Å². The third kappa shape index (κ3) is 4.66. The molecule has 3 rings (SSSR count). The van der Waals surface area contributed by atoms with Crippen molar-refractivity contribution < 1.29 is 17.9 Å². The van der Waals surface area contributed by atoms with Gasteiger partial charge in [-0.05, 0) is 36.2 Å². The first-order valence-electron chi connectivity index (χ1n) is 8.81. The molecule has 0 radical (unpaired) electrons. The minimum Gasteiger partial charge on any atom is -0.461 e.